The minimum absolute atomic E-state index is 0.221. The highest BCUT2D eigenvalue weighted by Gasteiger charge is 2.24. The normalized spacial score (nSPS) is 10.8. The molecule has 35 heavy (non-hydrogen) atoms. The molecule has 0 aliphatic heterocycles. The Bertz CT molecular complexity index is 1480. The summed E-state index contributed by atoms with van der Waals surface area (Å²) in [5.41, 5.74) is 1.96. The molecule has 6 nitrogen and oxygen atoms in total. The molecule has 8 heteroatoms. The second kappa shape index (κ2) is 10.1. The van der Waals surface area contributed by atoms with E-state index in [-0.39, 0.29) is 12.5 Å². The van der Waals surface area contributed by atoms with Gasteiger partial charge in [0.05, 0.1) is 23.4 Å². The van der Waals surface area contributed by atoms with Crippen LogP contribution in [0.3, 0.4) is 0 Å². The first kappa shape index (κ1) is 22.8. The molecule has 0 radical (unpaired) electrons. The number of anilines is 1. The van der Waals surface area contributed by atoms with Crippen molar-refractivity contribution in [3.05, 3.63) is 107 Å². The molecule has 0 fully saturated rings. The number of carbonyl (C=O) groups excluding carboxylic acids is 1. The van der Waals surface area contributed by atoms with E-state index in [9.17, 15) is 4.79 Å². The van der Waals surface area contributed by atoms with Crippen LogP contribution >= 0.6 is 22.9 Å². The maximum Gasteiger partial charge on any atom is 0.260 e. The summed E-state index contributed by atoms with van der Waals surface area (Å²) in [5.74, 6) is 1.63. The van der Waals surface area contributed by atoms with Crippen molar-refractivity contribution in [2.24, 2.45) is 0 Å². The number of benzene rings is 3. The molecule has 5 rings (SSSR count). The molecule has 3 aromatic carbocycles. The molecule has 2 aromatic heterocycles. The zero-order valence-corrected chi connectivity index (χ0v) is 20.3. The Labute approximate surface area is 211 Å². The number of aromatic nitrogens is 2. The molecular formula is C27H20ClN3O3S. The summed E-state index contributed by atoms with van der Waals surface area (Å²) in [6, 6.07) is 23.8. The number of amides is 1. The Balaban J connectivity index is 1.54. The minimum atomic E-state index is -0.221. The largest absolute Gasteiger partial charge is 0.494 e. The monoisotopic (exact) mass is 501 g/mol. The standard InChI is InChI=1S/C27H20ClN3O3S/c1-33-23-13-12-22(28)25-24(23)30-27(35-25)31(17-18-7-6-14-29-16-18)26(32)19-8-5-11-21(15-19)34-20-9-3-2-4-10-20/h2-16H,17H2,1H3. The van der Waals surface area contributed by atoms with E-state index in [1.165, 1.54) is 11.3 Å². The van der Waals surface area contributed by atoms with Gasteiger partial charge in [-0.3, -0.25) is 14.7 Å². The van der Waals surface area contributed by atoms with E-state index in [1.54, 1.807) is 54.7 Å². The van der Waals surface area contributed by atoms with Gasteiger partial charge in [0.1, 0.15) is 22.8 Å². The predicted molar refractivity (Wildman–Crippen MR) is 139 cm³/mol. The van der Waals surface area contributed by atoms with Crippen molar-refractivity contribution in [1.29, 1.82) is 0 Å². The average Bonchev–Trinajstić information content (AvgIpc) is 3.35. The molecule has 0 saturated heterocycles. The van der Waals surface area contributed by atoms with Crippen molar-refractivity contribution in [3.8, 4) is 17.2 Å². The van der Waals surface area contributed by atoms with E-state index in [1.807, 2.05) is 48.5 Å². The smallest absolute Gasteiger partial charge is 0.260 e. The lowest BCUT2D eigenvalue weighted by Crippen LogP contribution is -2.30. The third-order valence-electron chi connectivity index (χ3n) is 5.27. The van der Waals surface area contributed by atoms with E-state index in [4.69, 9.17) is 26.1 Å². The highest BCUT2D eigenvalue weighted by atomic mass is 35.5. The van der Waals surface area contributed by atoms with Crippen molar-refractivity contribution >= 4 is 44.2 Å². The molecule has 174 valence electrons. The molecule has 0 aliphatic carbocycles. The van der Waals surface area contributed by atoms with Gasteiger partial charge in [-0.1, -0.05) is 53.3 Å². The lowest BCUT2D eigenvalue weighted by atomic mass is 10.1. The van der Waals surface area contributed by atoms with Crippen molar-refractivity contribution in [1.82, 2.24) is 9.97 Å². The van der Waals surface area contributed by atoms with Crippen molar-refractivity contribution in [3.63, 3.8) is 0 Å². The molecule has 0 N–H and O–H groups in total. The van der Waals surface area contributed by atoms with Crippen LogP contribution in [0.2, 0.25) is 5.02 Å². The fourth-order valence-corrected chi connectivity index (χ4v) is 4.85. The van der Waals surface area contributed by atoms with E-state index in [2.05, 4.69) is 4.98 Å². The fraction of sp³-hybridized carbons (Fsp3) is 0.0741. The van der Waals surface area contributed by atoms with Crippen LogP contribution in [0.1, 0.15) is 15.9 Å². The fourth-order valence-electron chi connectivity index (χ4n) is 3.59. The third kappa shape index (κ3) is 4.96. The second-order valence-corrected chi connectivity index (χ2v) is 9.00. The van der Waals surface area contributed by atoms with Gasteiger partial charge in [-0.05, 0) is 54.1 Å². The Kier molecular flexibility index (Phi) is 6.61. The van der Waals surface area contributed by atoms with Gasteiger partial charge in [-0.2, -0.15) is 0 Å². The second-order valence-electron chi connectivity index (χ2n) is 7.62. The number of pyridine rings is 1. The number of halogens is 1. The van der Waals surface area contributed by atoms with Crippen LogP contribution in [0, 0.1) is 0 Å². The molecule has 0 unspecified atom stereocenters. The summed E-state index contributed by atoms with van der Waals surface area (Å²) >= 11 is 7.78. The number of hydrogen-bond donors (Lipinski definition) is 0. The molecule has 0 spiro atoms. The molecule has 0 aliphatic rings. The van der Waals surface area contributed by atoms with Crippen LogP contribution in [0.15, 0.2) is 91.3 Å². The predicted octanol–water partition coefficient (Wildman–Crippen LogP) is 6.99. The summed E-state index contributed by atoms with van der Waals surface area (Å²) in [4.78, 5) is 24.4. The number of thiazole rings is 1. The van der Waals surface area contributed by atoms with Gasteiger partial charge in [-0.25, -0.2) is 4.98 Å². The number of ether oxygens (including phenoxy) is 2. The number of rotatable bonds is 7. The third-order valence-corrected chi connectivity index (χ3v) is 6.81. The van der Waals surface area contributed by atoms with Gasteiger partial charge >= 0.3 is 0 Å². The summed E-state index contributed by atoms with van der Waals surface area (Å²) in [5, 5.41) is 1.06. The van der Waals surface area contributed by atoms with Crippen molar-refractivity contribution < 1.29 is 14.3 Å². The summed E-state index contributed by atoms with van der Waals surface area (Å²) in [6.45, 7) is 0.288. The van der Waals surface area contributed by atoms with E-state index < -0.39 is 0 Å². The van der Waals surface area contributed by atoms with Crippen LogP contribution in [0.5, 0.6) is 17.2 Å². The highest BCUT2D eigenvalue weighted by Crippen LogP contribution is 2.39. The van der Waals surface area contributed by atoms with Gasteiger partial charge in [0.15, 0.2) is 5.13 Å². The minimum Gasteiger partial charge on any atom is -0.494 e. The lowest BCUT2D eigenvalue weighted by Gasteiger charge is -2.20. The number of nitrogens with zero attached hydrogens (tertiary/aromatic N) is 3. The van der Waals surface area contributed by atoms with Crippen molar-refractivity contribution in [2.75, 3.05) is 12.0 Å². The summed E-state index contributed by atoms with van der Waals surface area (Å²) in [7, 11) is 1.58. The SMILES string of the molecule is COc1ccc(Cl)c2sc(N(Cc3cccnc3)C(=O)c3cccc(Oc4ccccc4)c3)nc12. The molecule has 0 bridgehead atoms. The maximum absolute atomic E-state index is 13.8. The molecular weight excluding hydrogens is 482 g/mol. The van der Waals surface area contributed by atoms with Crippen LogP contribution in [0.4, 0.5) is 5.13 Å². The zero-order valence-electron chi connectivity index (χ0n) is 18.7. The highest BCUT2D eigenvalue weighted by molar-refractivity contribution is 7.23. The number of methoxy groups -OCH3 is 1. The molecule has 1 amide bonds. The maximum atomic E-state index is 13.8. The topological polar surface area (TPSA) is 64.5 Å². The van der Waals surface area contributed by atoms with Crippen LogP contribution in [-0.4, -0.2) is 23.0 Å². The van der Waals surface area contributed by atoms with Crippen LogP contribution in [-0.2, 0) is 6.54 Å². The zero-order chi connectivity index (χ0) is 24.2. The molecule has 0 atom stereocenters. The Morgan fingerprint density at radius 3 is 2.60 bits per heavy atom. The number of para-hydroxylation sites is 1. The van der Waals surface area contributed by atoms with Gasteiger partial charge in [-0.15, -0.1) is 0 Å². The number of fused-ring (bicyclic) bond motifs is 1. The van der Waals surface area contributed by atoms with Crippen molar-refractivity contribution in [2.45, 2.75) is 6.54 Å². The molecule has 0 saturated carbocycles. The number of hydrogen-bond acceptors (Lipinski definition) is 6. The molecule has 2 heterocycles. The van der Waals surface area contributed by atoms with Gasteiger partial charge in [0, 0.05) is 18.0 Å². The van der Waals surface area contributed by atoms with Crippen LogP contribution in [0.25, 0.3) is 10.2 Å². The Morgan fingerprint density at radius 2 is 1.83 bits per heavy atom. The van der Waals surface area contributed by atoms with E-state index in [0.717, 1.165) is 10.3 Å². The Morgan fingerprint density at radius 1 is 1.00 bits per heavy atom. The van der Waals surface area contributed by atoms with Gasteiger partial charge in [0.2, 0.25) is 0 Å². The number of carbonyl (C=O) groups is 1. The quantitative estimate of drug-likeness (QED) is 0.240. The van der Waals surface area contributed by atoms with E-state index in [0.29, 0.717) is 38.5 Å². The summed E-state index contributed by atoms with van der Waals surface area (Å²) in [6.07, 6.45) is 3.43. The lowest BCUT2D eigenvalue weighted by molar-refractivity contribution is 0.0985. The van der Waals surface area contributed by atoms with Crippen LogP contribution < -0.4 is 14.4 Å². The summed E-state index contributed by atoms with van der Waals surface area (Å²) < 4.78 is 12.2. The first-order valence-electron chi connectivity index (χ1n) is 10.8. The first-order valence-corrected chi connectivity index (χ1v) is 12.0. The average molecular weight is 502 g/mol. The van der Waals surface area contributed by atoms with Gasteiger partial charge in [0.25, 0.3) is 5.91 Å². The first-order chi connectivity index (χ1) is 17.1. The van der Waals surface area contributed by atoms with E-state index >= 15 is 0 Å². The molecule has 5 aromatic rings. The Hall–Kier alpha value is -3.94. The van der Waals surface area contributed by atoms with Gasteiger partial charge < -0.3 is 9.47 Å².